The van der Waals surface area contributed by atoms with Crippen molar-refractivity contribution >= 4 is 0 Å². The van der Waals surface area contributed by atoms with E-state index >= 15 is 0 Å². The maximum absolute atomic E-state index is 6.03. The molecule has 0 aliphatic carbocycles. The lowest BCUT2D eigenvalue weighted by atomic mass is 9.77. The van der Waals surface area contributed by atoms with Crippen molar-refractivity contribution in [3.8, 4) is 11.5 Å². The second-order valence-corrected chi connectivity index (χ2v) is 9.63. The van der Waals surface area contributed by atoms with E-state index in [0.29, 0.717) is 13.5 Å². The highest BCUT2D eigenvalue weighted by molar-refractivity contribution is 5.48. The first-order valence-electron chi connectivity index (χ1n) is 12.0. The molecule has 0 saturated heterocycles. The van der Waals surface area contributed by atoms with Crippen molar-refractivity contribution in [2.24, 2.45) is 0 Å². The van der Waals surface area contributed by atoms with E-state index in [-0.39, 0.29) is 5.41 Å². The summed E-state index contributed by atoms with van der Waals surface area (Å²) in [5, 5.41) is 0. The van der Waals surface area contributed by atoms with Crippen molar-refractivity contribution in [3.05, 3.63) is 58.7 Å². The van der Waals surface area contributed by atoms with Crippen LogP contribution in [0, 0.1) is 0 Å². The first-order valence-corrected chi connectivity index (χ1v) is 12.0. The van der Waals surface area contributed by atoms with Gasteiger partial charge in [-0.25, -0.2) is 0 Å². The summed E-state index contributed by atoms with van der Waals surface area (Å²) >= 11 is 0. The van der Waals surface area contributed by atoms with Gasteiger partial charge < -0.3 is 9.47 Å². The van der Waals surface area contributed by atoms with Crippen LogP contribution in [0.5, 0.6) is 11.5 Å². The average molecular weight is 423 g/mol. The fourth-order valence-corrected chi connectivity index (χ4v) is 4.58. The van der Waals surface area contributed by atoms with E-state index in [4.69, 9.17) is 9.47 Å². The lowest BCUT2D eigenvalue weighted by Gasteiger charge is -2.33. The molecule has 0 radical (unpaired) electrons. The molecule has 4 rings (SSSR count). The second kappa shape index (κ2) is 9.62. The predicted octanol–water partition coefficient (Wildman–Crippen LogP) is 5.92. The second-order valence-electron chi connectivity index (χ2n) is 9.63. The van der Waals surface area contributed by atoms with Gasteiger partial charge in [0.15, 0.2) is 0 Å². The fourth-order valence-electron chi connectivity index (χ4n) is 4.58. The lowest BCUT2D eigenvalue weighted by molar-refractivity contribution is 0.0938. The molecule has 2 heterocycles. The maximum Gasteiger partial charge on any atom is 0.142 e. The standard InChI is InChI=1S/C27H38N2O2/c1-5-7-13-28-17-21-15-23(9-11-25(21)30-19-28)27(3,4)24-10-12-26-22(16-24)18-29(20-31-26)14-8-6-2/h9-12,15-16H,5-8,13-14,17-20H2,1-4H3. The molecule has 168 valence electrons. The third-order valence-corrected chi connectivity index (χ3v) is 6.81. The summed E-state index contributed by atoms with van der Waals surface area (Å²) in [6, 6.07) is 13.5. The van der Waals surface area contributed by atoms with Crippen LogP contribution < -0.4 is 9.47 Å². The molecule has 0 unspecified atom stereocenters. The van der Waals surface area contributed by atoms with Gasteiger partial charge >= 0.3 is 0 Å². The van der Waals surface area contributed by atoms with Crippen LogP contribution in [0.2, 0.25) is 0 Å². The molecule has 4 heteroatoms. The normalized spacial score (nSPS) is 16.9. The van der Waals surface area contributed by atoms with Crippen molar-refractivity contribution in [2.45, 2.75) is 71.9 Å². The summed E-state index contributed by atoms with van der Waals surface area (Å²) < 4.78 is 12.1. The number of fused-ring (bicyclic) bond motifs is 2. The Morgan fingerprint density at radius 2 is 1.19 bits per heavy atom. The van der Waals surface area contributed by atoms with Crippen molar-refractivity contribution in [2.75, 3.05) is 26.6 Å². The Morgan fingerprint density at radius 1 is 0.742 bits per heavy atom. The molecule has 2 aliphatic heterocycles. The fraction of sp³-hybridized carbons (Fsp3) is 0.556. The smallest absolute Gasteiger partial charge is 0.142 e. The molecular formula is C27H38N2O2. The quantitative estimate of drug-likeness (QED) is 0.527. The molecule has 0 amide bonds. The minimum atomic E-state index is -0.0819. The van der Waals surface area contributed by atoms with E-state index in [9.17, 15) is 0 Å². The Kier molecular flexibility index (Phi) is 6.88. The van der Waals surface area contributed by atoms with E-state index in [0.717, 1.165) is 37.7 Å². The Balaban J connectivity index is 1.55. The van der Waals surface area contributed by atoms with Crippen molar-refractivity contribution in [1.82, 2.24) is 9.80 Å². The SMILES string of the molecule is CCCCN1COc2ccc(C(C)(C)c3ccc4c(c3)CN(CCCC)CO4)cc2C1. The van der Waals surface area contributed by atoms with Gasteiger partial charge in [-0.15, -0.1) is 0 Å². The number of unbranched alkanes of at least 4 members (excludes halogenated alkanes) is 2. The van der Waals surface area contributed by atoms with Gasteiger partial charge in [0.25, 0.3) is 0 Å². The molecule has 0 spiro atoms. The van der Waals surface area contributed by atoms with Crippen LogP contribution in [0.4, 0.5) is 0 Å². The Labute approximate surface area is 188 Å². The molecule has 31 heavy (non-hydrogen) atoms. The summed E-state index contributed by atoms with van der Waals surface area (Å²) in [7, 11) is 0. The van der Waals surface area contributed by atoms with Gasteiger partial charge in [-0.1, -0.05) is 52.7 Å². The average Bonchev–Trinajstić information content (AvgIpc) is 2.80. The van der Waals surface area contributed by atoms with Crippen LogP contribution in [0.25, 0.3) is 0 Å². The molecule has 4 nitrogen and oxygen atoms in total. The number of hydrogen-bond acceptors (Lipinski definition) is 4. The summed E-state index contributed by atoms with van der Waals surface area (Å²) in [6.45, 7) is 14.7. The summed E-state index contributed by atoms with van der Waals surface area (Å²) in [5.74, 6) is 2.08. The van der Waals surface area contributed by atoms with Crippen molar-refractivity contribution in [1.29, 1.82) is 0 Å². The highest BCUT2D eigenvalue weighted by atomic mass is 16.5. The molecule has 0 atom stereocenters. The van der Waals surface area contributed by atoms with Gasteiger partial charge in [0.2, 0.25) is 0 Å². The van der Waals surface area contributed by atoms with Crippen LogP contribution >= 0.6 is 0 Å². The predicted molar refractivity (Wildman–Crippen MR) is 127 cm³/mol. The zero-order chi connectivity index (χ0) is 21.8. The summed E-state index contributed by atoms with van der Waals surface area (Å²) in [5.41, 5.74) is 5.21. The molecule has 0 saturated carbocycles. The summed E-state index contributed by atoms with van der Waals surface area (Å²) in [4.78, 5) is 4.81. The van der Waals surface area contributed by atoms with E-state index < -0.39 is 0 Å². The zero-order valence-corrected chi connectivity index (χ0v) is 19.7. The molecule has 2 aromatic carbocycles. The van der Waals surface area contributed by atoms with Gasteiger partial charge in [0.05, 0.1) is 0 Å². The van der Waals surface area contributed by atoms with E-state index in [1.807, 2.05) is 0 Å². The largest absolute Gasteiger partial charge is 0.478 e. The molecule has 0 bridgehead atoms. The Hall–Kier alpha value is -2.04. The third-order valence-electron chi connectivity index (χ3n) is 6.81. The summed E-state index contributed by atoms with van der Waals surface area (Å²) in [6.07, 6.45) is 4.87. The monoisotopic (exact) mass is 422 g/mol. The first-order chi connectivity index (χ1) is 15.0. The molecule has 0 N–H and O–H groups in total. The van der Waals surface area contributed by atoms with Crippen molar-refractivity contribution in [3.63, 3.8) is 0 Å². The minimum Gasteiger partial charge on any atom is -0.478 e. The Morgan fingerprint density at radius 3 is 1.61 bits per heavy atom. The number of benzene rings is 2. The van der Waals surface area contributed by atoms with Crippen LogP contribution in [0.15, 0.2) is 36.4 Å². The maximum atomic E-state index is 6.03. The molecule has 2 aliphatic rings. The highest BCUT2D eigenvalue weighted by Crippen LogP contribution is 2.38. The number of rotatable bonds is 8. The van der Waals surface area contributed by atoms with Crippen LogP contribution in [0.1, 0.15) is 75.6 Å². The van der Waals surface area contributed by atoms with Gasteiger partial charge in [0, 0.05) is 42.7 Å². The highest BCUT2D eigenvalue weighted by Gasteiger charge is 2.28. The van der Waals surface area contributed by atoms with E-state index in [2.05, 4.69) is 73.9 Å². The van der Waals surface area contributed by atoms with Crippen LogP contribution in [0.3, 0.4) is 0 Å². The number of nitrogens with zero attached hydrogens (tertiary/aromatic N) is 2. The van der Waals surface area contributed by atoms with Gasteiger partial charge in [0.1, 0.15) is 25.0 Å². The van der Waals surface area contributed by atoms with Crippen molar-refractivity contribution < 1.29 is 9.47 Å². The molecule has 0 fully saturated rings. The van der Waals surface area contributed by atoms with Crippen LogP contribution in [-0.4, -0.2) is 36.4 Å². The molecular weight excluding hydrogens is 384 g/mol. The van der Waals surface area contributed by atoms with Gasteiger partial charge in [-0.2, -0.15) is 0 Å². The zero-order valence-electron chi connectivity index (χ0n) is 19.7. The van der Waals surface area contributed by atoms with Gasteiger partial charge in [-0.05, 0) is 48.2 Å². The van der Waals surface area contributed by atoms with Gasteiger partial charge in [-0.3, -0.25) is 9.80 Å². The molecule has 2 aromatic rings. The minimum absolute atomic E-state index is 0.0819. The molecule has 0 aromatic heterocycles. The number of hydrogen-bond donors (Lipinski definition) is 0. The van der Waals surface area contributed by atoms with E-state index in [1.165, 1.54) is 47.9 Å². The first kappa shape index (κ1) is 22.2. The number of ether oxygens (including phenoxy) is 2. The van der Waals surface area contributed by atoms with Crippen LogP contribution in [-0.2, 0) is 18.5 Å². The van der Waals surface area contributed by atoms with E-state index in [1.54, 1.807) is 0 Å². The lowest BCUT2D eigenvalue weighted by Crippen LogP contribution is -2.33. The third kappa shape index (κ3) is 4.91. The topological polar surface area (TPSA) is 24.9 Å². The Bertz CT molecular complexity index is 821.